The Labute approximate surface area is 170 Å². The van der Waals surface area contributed by atoms with Gasteiger partial charge in [-0.1, -0.05) is 0 Å². The zero-order valence-electron chi connectivity index (χ0n) is 15.9. The van der Waals surface area contributed by atoms with Gasteiger partial charge in [-0.3, -0.25) is 14.6 Å². The summed E-state index contributed by atoms with van der Waals surface area (Å²) in [7, 11) is 0. The molecule has 2 aliphatic rings. The summed E-state index contributed by atoms with van der Waals surface area (Å²) in [6.45, 7) is 0. The molecule has 2 aromatic rings. The number of anilines is 1. The van der Waals surface area contributed by atoms with Crippen LogP contribution in [0.15, 0.2) is 42.7 Å². The first-order valence-electron chi connectivity index (χ1n) is 9.60. The minimum Gasteiger partial charge on any atom is -0.476 e. The van der Waals surface area contributed by atoms with Gasteiger partial charge in [0.1, 0.15) is 12.5 Å². The van der Waals surface area contributed by atoms with E-state index in [9.17, 15) is 23.5 Å². The number of rotatable bonds is 6. The third-order valence-electron chi connectivity index (χ3n) is 5.53. The van der Waals surface area contributed by atoms with E-state index in [0.717, 1.165) is 12.5 Å². The molecule has 0 radical (unpaired) electrons. The quantitative estimate of drug-likeness (QED) is 0.716. The van der Waals surface area contributed by atoms with E-state index in [1.165, 1.54) is 28.2 Å². The van der Waals surface area contributed by atoms with Crippen molar-refractivity contribution in [2.24, 2.45) is 5.92 Å². The van der Waals surface area contributed by atoms with E-state index in [4.69, 9.17) is 4.74 Å². The largest absolute Gasteiger partial charge is 0.476 e. The number of halogens is 2. The first-order valence-corrected chi connectivity index (χ1v) is 9.60. The highest BCUT2D eigenvalue weighted by molar-refractivity contribution is 5.92. The van der Waals surface area contributed by atoms with Crippen molar-refractivity contribution < 1.29 is 28.2 Å². The number of carbonyl (C=O) groups excluding carboxylic acids is 1. The van der Waals surface area contributed by atoms with Crippen molar-refractivity contribution in [1.82, 2.24) is 14.8 Å². The Bertz CT molecular complexity index is 955. The minimum atomic E-state index is -2.90. The van der Waals surface area contributed by atoms with Crippen molar-refractivity contribution in [3.63, 3.8) is 0 Å². The number of aldehydes is 1. The van der Waals surface area contributed by atoms with Crippen LogP contribution in [0.1, 0.15) is 55.6 Å². The lowest BCUT2D eigenvalue weighted by atomic mass is 9.87. The van der Waals surface area contributed by atoms with Crippen molar-refractivity contribution in [3.8, 4) is 0 Å². The number of carboxylic acids is 1. The third kappa shape index (κ3) is 3.64. The monoisotopic (exact) mass is 418 g/mol. The van der Waals surface area contributed by atoms with Gasteiger partial charge >= 0.3 is 5.97 Å². The van der Waals surface area contributed by atoms with E-state index in [2.05, 4.69) is 10.1 Å². The summed E-state index contributed by atoms with van der Waals surface area (Å²) in [6.07, 6.45) is 5.24. The lowest BCUT2D eigenvalue weighted by Gasteiger charge is -2.27. The van der Waals surface area contributed by atoms with Crippen molar-refractivity contribution >= 4 is 17.9 Å². The van der Waals surface area contributed by atoms with Crippen LogP contribution in [0.3, 0.4) is 0 Å². The van der Waals surface area contributed by atoms with E-state index in [1.807, 2.05) is 0 Å². The first-order chi connectivity index (χ1) is 14.5. The molecule has 0 aromatic carbocycles. The molecule has 1 unspecified atom stereocenters. The van der Waals surface area contributed by atoms with Crippen LogP contribution in [0.4, 0.5) is 14.5 Å². The van der Waals surface area contributed by atoms with Gasteiger partial charge in [0, 0.05) is 30.1 Å². The predicted molar refractivity (Wildman–Crippen MR) is 101 cm³/mol. The number of alkyl halides is 2. The smallest absolute Gasteiger partial charge is 0.355 e. The summed E-state index contributed by atoms with van der Waals surface area (Å²) in [4.78, 5) is 27.9. The maximum Gasteiger partial charge on any atom is 0.355 e. The number of hydrogen-bond donors (Lipinski definition) is 1. The number of nitrogens with zero attached hydrogens (tertiary/aromatic N) is 4. The number of aromatic nitrogens is 3. The zero-order valence-corrected chi connectivity index (χ0v) is 15.9. The first kappa shape index (κ1) is 20.0. The van der Waals surface area contributed by atoms with Gasteiger partial charge in [-0.15, -0.1) is 0 Å². The third-order valence-corrected chi connectivity index (χ3v) is 5.53. The molecular formula is C20H20F2N4O4. The summed E-state index contributed by atoms with van der Waals surface area (Å²) in [5.41, 5.74) is -0.223. The number of pyridine rings is 1. The summed E-state index contributed by atoms with van der Waals surface area (Å²) in [5, 5.41) is 13.7. The number of carbonyl (C=O) groups is 2. The highest BCUT2D eigenvalue weighted by Gasteiger charge is 2.39. The average Bonchev–Trinajstić information content (AvgIpc) is 3.39. The molecule has 3 heterocycles. The molecule has 4 rings (SSSR count). The van der Waals surface area contributed by atoms with Crippen LogP contribution < -0.4 is 4.90 Å². The second kappa shape index (κ2) is 8.21. The molecule has 0 bridgehead atoms. The molecule has 1 aliphatic heterocycles. The van der Waals surface area contributed by atoms with Gasteiger partial charge in [0.15, 0.2) is 11.4 Å². The summed E-state index contributed by atoms with van der Waals surface area (Å²) >= 11 is 0. The number of aliphatic carboxylic acids is 1. The Hall–Kier alpha value is -3.30. The Morgan fingerprint density at radius 2 is 1.93 bits per heavy atom. The van der Waals surface area contributed by atoms with E-state index in [0.29, 0.717) is 31.2 Å². The average molecular weight is 418 g/mol. The number of carboxylic acid groups (broad SMARTS) is 1. The van der Waals surface area contributed by atoms with Crippen molar-refractivity contribution in [1.29, 1.82) is 0 Å². The maximum absolute atomic E-state index is 13.9. The SMILES string of the molecule is O=CC1CCC(n2cc(N3C(C(=O)O)=COC3c3ccncc3)c(C(F)F)n2)CC1. The Balaban J connectivity index is 1.72. The van der Waals surface area contributed by atoms with Crippen LogP contribution in [0, 0.1) is 5.92 Å². The van der Waals surface area contributed by atoms with Crippen molar-refractivity contribution in [2.75, 3.05) is 4.90 Å². The lowest BCUT2D eigenvalue weighted by Crippen LogP contribution is -2.28. The van der Waals surface area contributed by atoms with Crippen LogP contribution in [0.5, 0.6) is 0 Å². The summed E-state index contributed by atoms with van der Waals surface area (Å²) < 4.78 is 34.7. The fraction of sp³-hybridized carbons (Fsp3) is 0.400. The van der Waals surface area contributed by atoms with Crippen molar-refractivity contribution in [2.45, 2.75) is 44.4 Å². The van der Waals surface area contributed by atoms with Gasteiger partial charge in [0.25, 0.3) is 6.43 Å². The molecule has 2 aromatic heterocycles. The standard InChI is InChI=1S/C20H20F2N4O4/c21-18(22)17-15(9-25(24-17)14-3-1-12(10-27)2-4-14)26-16(20(28)29)11-30-19(26)13-5-7-23-8-6-13/h5-12,14,18-19H,1-4H2,(H,28,29). The Morgan fingerprint density at radius 3 is 2.53 bits per heavy atom. The van der Waals surface area contributed by atoms with E-state index in [-0.39, 0.29) is 23.3 Å². The molecule has 1 atom stereocenters. The number of ether oxygens (including phenoxy) is 1. The highest BCUT2D eigenvalue weighted by atomic mass is 19.3. The molecule has 8 nitrogen and oxygen atoms in total. The van der Waals surface area contributed by atoms with Crippen LogP contribution in [0.2, 0.25) is 0 Å². The van der Waals surface area contributed by atoms with Crippen LogP contribution in [0.25, 0.3) is 0 Å². The van der Waals surface area contributed by atoms with E-state index >= 15 is 0 Å². The molecule has 0 amide bonds. The van der Waals surface area contributed by atoms with E-state index < -0.39 is 24.3 Å². The molecule has 0 saturated heterocycles. The minimum absolute atomic E-state index is 0.0181. The lowest BCUT2D eigenvalue weighted by molar-refractivity contribution is -0.132. The van der Waals surface area contributed by atoms with Crippen molar-refractivity contribution in [3.05, 3.63) is 53.9 Å². The second-order valence-electron chi connectivity index (χ2n) is 7.33. The second-order valence-corrected chi connectivity index (χ2v) is 7.33. The van der Waals surface area contributed by atoms with Gasteiger partial charge in [-0.2, -0.15) is 5.10 Å². The Kier molecular flexibility index (Phi) is 5.47. The van der Waals surface area contributed by atoms with Crippen LogP contribution in [-0.4, -0.2) is 32.1 Å². The molecule has 1 aliphatic carbocycles. The van der Waals surface area contributed by atoms with Gasteiger partial charge in [-0.05, 0) is 37.8 Å². The molecule has 158 valence electrons. The summed E-state index contributed by atoms with van der Waals surface area (Å²) in [6, 6.07) is 3.13. The fourth-order valence-corrected chi connectivity index (χ4v) is 3.96. The molecule has 30 heavy (non-hydrogen) atoms. The van der Waals surface area contributed by atoms with Crippen LogP contribution in [-0.2, 0) is 14.3 Å². The molecule has 0 spiro atoms. The normalized spacial score (nSPS) is 23.9. The van der Waals surface area contributed by atoms with Gasteiger partial charge in [0.2, 0.25) is 6.23 Å². The zero-order chi connectivity index (χ0) is 21.3. The summed E-state index contributed by atoms with van der Waals surface area (Å²) in [5.74, 6) is -1.32. The predicted octanol–water partition coefficient (Wildman–Crippen LogP) is 3.61. The molecule has 1 saturated carbocycles. The molecule has 1 N–H and O–H groups in total. The molecular weight excluding hydrogens is 398 g/mol. The molecule has 1 fully saturated rings. The fourth-order valence-electron chi connectivity index (χ4n) is 3.96. The highest BCUT2D eigenvalue weighted by Crippen LogP contribution is 2.42. The van der Waals surface area contributed by atoms with E-state index in [1.54, 1.807) is 12.1 Å². The van der Waals surface area contributed by atoms with Gasteiger partial charge in [0.05, 0.1) is 11.7 Å². The molecule has 10 heteroatoms. The number of hydrogen-bond acceptors (Lipinski definition) is 6. The van der Waals surface area contributed by atoms with Gasteiger partial charge in [-0.25, -0.2) is 13.6 Å². The Morgan fingerprint density at radius 1 is 1.23 bits per heavy atom. The van der Waals surface area contributed by atoms with Crippen LogP contribution >= 0.6 is 0 Å². The maximum atomic E-state index is 13.9. The topological polar surface area (TPSA) is 97.6 Å². The van der Waals surface area contributed by atoms with Gasteiger partial charge < -0.3 is 14.6 Å².